The van der Waals surface area contributed by atoms with Gasteiger partial charge in [0.1, 0.15) is 11.6 Å². The van der Waals surface area contributed by atoms with E-state index < -0.39 is 29.7 Å². The minimum absolute atomic E-state index is 0. The van der Waals surface area contributed by atoms with Gasteiger partial charge in [0.15, 0.2) is 0 Å². The first-order valence-corrected chi connectivity index (χ1v) is 5.59. The minimum Gasteiger partial charge on any atom is -0.526 e. The van der Waals surface area contributed by atoms with Crippen LogP contribution in [0.15, 0.2) is 0 Å². The van der Waals surface area contributed by atoms with Crippen molar-refractivity contribution in [2.45, 2.75) is 44.9 Å². The number of likely N-dealkylation sites (tertiary alicyclic amines) is 1. The number of carbonyl (C=O) groups is 2. The topological polar surface area (TPSA) is 95.9 Å². The Hall–Kier alpha value is -2.79. The van der Waals surface area contributed by atoms with E-state index in [1.165, 1.54) is 6.41 Å². The monoisotopic (exact) mass is 514 g/mol. The van der Waals surface area contributed by atoms with Crippen LogP contribution in [0.3, 0.4) is 0 Å². The van der Waals surface area contributed by atoms with E-state index in [4.69, 9.17) is 9.84 Å². The predicted molar refractivity (Wildman–Crippen MR) is 61.6 cm³/mol. The number of rotatable bonds is 3. The molecule has 1 heterocycles. The zero-order chi connectivity index (χ0) is 13.9. The summed E-state index contributed by atoms with van der Waals surface area (Å²) in [6, 6.07) is -1.39. The van der Waals surface area contributed by atoms with Gasteiger partial charge in [0.05, 0.1) is 0 Å². The molecule has 0 aromatic carbocycles. The molecule has 0 aromatic rings. The Labute approximate surface area is 105 Å². The van der Waals surface area contributed by atoms with Gasteiger partial charge >= 0.3 is 12.1 Å². The summed E-state index contributed by atoms with van der Waals surface area (Å²) >= 11 is 0. The maximum atomic E-state index is 11.8. The van der Waals surface area contributed by atoms with Crippen molar-refractivity contribution in [2.24, 2.45) is 0 Å². The van der Waals surface area contributed by atoms with Crippen LogP contribution >= 0.6 is 0 Å². The molecule has 0 spiro atoms. The zero-order valence-electron chi connectivity index (χ0n) is 10.9. The minimum atomic E-state index is -1.11. The number of nitrogens with zero attached hydrogens (tertiary/aromatic N) is 1. The molecule has 2 amide bonds. The van der Waals surface area contributed by atoms with Gasteiger partial charge in [-0.2, -0.15) is 6.41 Å². The van der Waals surface area contributed by atoms with Gasteiger partial charge in [-0.1, -0.05) is 0 Å². The van der Waals surface area contributed by atoms with E-state index in [0.717, 1.165) is 4.90 Å². The molecular formula is C11H17FmN2O5-. The summed E-state index contributed by atoms with van der Waals surface area (Å²) in [5, 5.41) is 11.4. The number of amides is 2. The van der Waals surface area contributed by atoms with Crippen molar-refractivity contribution in [1.82, 2.24) is 10.2 Å². The molecule has 1 fully saturated rings. The molecule has 19 heavy (non-hydrogen) atoms. The molecule has 7 nitrogen and oxygen atoms in total. The van der Waals surface area contributed by atoms with E-state index in [2.05, 4.69) is 5.32 Å². The molecule has 2 atom stereocenters. The second kappa shape index (κ2) is 5.70. The fourth-order valence-electron chi connectivity index (χ4n) is 1.78. The number of carbonyl (C=O) groups excluding carboxylic acids is 2. The van der Waals surface area contributed by atoms with Gasteiger partial charge in [0, 0.05) is 12.6 Å². The van der Waals surface area contributed by atoms with Crippen molar-refractivity contribution >= 4 is 18.5 Å². The molecule has 1 aliphatic rings. The molecule has 1 aliphatic heterocycles. The van der Waals surface area contributed by atoms with Crippen LogP contribution in [0.25, 0.3) is 0 Å². The molecule has 0 bridgehead atoms. The Morgan fingerprint density at radius 2 is 2.00 bits per heavy atom. The average molecular weight is 514 g/mol. The number of ether oxygens (including phenoxy) is 1. The van der Waals surface area contributed by atoms with Crippen LogP contribution in [-0.4, -0.2) is 52.7 Å². The van der Waals surface area contributed by atoms with Crippen molar-refractivity contribution in [3.8, 4) is 0 Å². The van der Waals surface area contributed by atoms with E-state index in [0.29, 0.717) is 0 Å². The van der Waals surface area contributed by atoms with E-state index in [9.17, 15) is 14.4 Å². The SMILES string of the molecule is CC(C)(C)OC(=O)N1CC(N[C-]=O)CC1C(=O)O.[Fm]. The van der Waals surface area contributed by atoms with Gasteiger partial charge in [0.2, 0.25) is 0 Å². The predicted octanol–water partition coefficient (Wildman–Crippen LogP) is 0.106. The van der Waals surface area contributed by atoms with Crippen LogP contribution in [0.4, 0.5) is 4.79 Å². The van der Waals surface area contributed by atoms with Crippen LogP contribution in [0, 0.1) is 0 Å². The molecule has 8 heteroatoms. The largest absolute Gasteiger partial charge is 0.526 e. The molecule has 2 N–H and O–H groups in total. The third-order valence-electron chi connectivity index (χ3n) is 2.48. The van der Waals surface area contributed by atoms with Gasteiger partial charge in [-0.15, -0.1) is 0 Å². The summed E-state index contributed by atoms with van der Waals surface area (Å²) in [5.74, 6) is -1.11. The first-order valence-electron chi connectivity index (χ1n) is 5.59. The third kappa shape index (κ3) is 4.18. The van der Waals surface area contributed by atoms with Crippen LogP contribution < -0.4 is 5.32 Å². The molecule has 0 aromatic heterocycles. The smallest absolute Gasteiger partial charge is 0.411 e. The second-order valence-corrected chi connectivity index (χ2v) is 5.17. The van der Waals surface area contributed by atoms with Crippen molar-refractivity contribution in [2.75, 3.05) is 6.54 Å². The first kappa shape index (κ1) is 16.2. The Morgan fingerprint density at radius 1 is 1.42 bits per heavy atom. The summed E-state index contributed by atoms with van der Waals surface area (Å²) in [5.41, 5.74) is -0.692. The average Bonchev–Trinajstić information content (AvgIpc) is 2.59. The first-order chi connectivity index (χ1) is 8.24. The fraction of sp³-hybridized carbons (Fsp3) is 0.727. The Kier molecular flexibility index (Phi) is 4.86. The number of carboxylic acids is 1. The Morgan fingerprint density at radius 3 is 2.42 bits per heavy atom. The van der Waals surface area contributed by atoms with Crippen molar-refractivity contribution in [1.29, 1.82) is 0 Å². The number of hydrogen-bond acceptors (Lipinski definition) is 4. The van der Waals surface area contributed by atoms with Crippen molar-refractivity contribution < 1.29 is 24.2 Å². The van der Waals surface area contributed by atoms with Gasteiger partial charge in [-0.3, -0.25) is 4.90 Å². The van der Waals surface area contributed by atoms with Gasteiger partial charge in [-0.25, -0.2) is 9.59 Å². The maximum absolute atomic E-state index is 11.8. The molecule has 1 saturated heterocycles. The Balaban J connectivity index is 0.00000324. The van der Waals surface area contributed by atoms with Crippen LogP contribution in [-0.2, 0) is 14.3 Å². The molecular weight excluding hydrogens is 497 g/mol. The van der Waals surface area contributed by atoms with E-state index >= 15 is 0 Å². The Bertz CT molecular complexity index is 355. The van der Waals surface area contributed by atoms with Crippen molar-refractivity contribution in [3.05, 3.63) is 0 Å². The normalized spacial score (nSPS) is 22.4. The number of nitrogens with one attached hydrogen (secondary N) is 1. The summed E-state index contributed by atoms with van der Waals surface area (Å²) in [7, 11) is 0. The maximum Gasteiger partial charge on any atom is 0.411 e. The third-order valence-corrected chi connectivity index (χ3v) is 2.48. The number of aliphatic carboxylic acids is 1. The molecule has 2 unspecified atom stereocenters. The van der Waals surface area contributed by atoms with Gasteiger partial charge < -0.3 is 20.0 Å². The van der Waals surface area contributed by atoms with Crippen LogP contribution in [0.2, 0.25) is 0 Å². The molecule has 0 radical (unpaired) electrons. The summed E-state index contributed by atoms with van der Waals surface area (Å²) in [4.78, 5) is 34.2. The molecule has 114 valence electrons. The number of carboxylic acid groups (broad SMARTS) is 1. The van der Waals surface area contributed by atoms with Crippen molar-refractivity contribution in [3.63, 3.8) is 0 Å². The molecule has 0 aliphatic carbocycles. The van der Waals surface area contributed by atoms with E-state index in [-0.39, 0.29) is 13.0 Å². The van der Waals surface area contributed by atoms with E-state index in [1.54, 1.807) is 20.8 Å². The summed E-state index contributed by atoms with van der Waals surface area (Å²) in [6.45, 7) is 5.21. The summed E-state index contributed by atoms with van der Waals surface area (Å²) < 4.78 is 5.13. The van der Waals surface area contributed by atoms with Gasteiger partial charge in [-0.05, 0) is 27.2 Å². The van der Waals surface area contributed by atoms with E-state index in [1.807, 2.05) is 0 Å². The van der Waals surface area contributed by atoms with Gasteiger partial charge in [0.25, 0.3) is 0 Å². The number of hydrogen-bond donors (Lipinski definition) is 2. The molecule has 1 rings (SSSR count). The summed E-state index contributed by atoms with van der Waals surface area (Å²) in [6.07, 6.45) is 0.972. The van der Waals surface area contributed by atoms with Crippen LogP contribution in [0.5, 0.6) is 0 Å². The second-order valence-electron chi connectivity index (χ2n) is 5.17. The zero-order valence-corrected chi connectivity index (χ0v) is 13.3. The standard InChI is InChI=1S/C11H17N2O5.Fm/c1-11(2,3)18-10(17)13-5-7(12-6-14)4-8(13)9(15)16;/h7-8H,4-5H2,1-3H3,(H,12,14)(H,15,16);/q-1;. The molecule has 0 saturated carbocycles. The quantitative estimate of drug-likeness (QED) is 0.412. The van der Waals surface area contributed by atoms with Crippen LogP contribution in [0.1, 0.15) is 27.2 Å². The fourth-order valence-corrected chi connectivity index (χ4v) is 1.78.